The SMILES string of the molecule is CCOc1cc2c(cc1/C(CC)=C(/F)C(=O)O)C(C)=CC(C)(C)O2. The lowest BCUT2D eigenvalue weighted by molar-refractivity contribution is -0.134. The third kappa shape index (κ3) is 3.45. The van der Waals surface area contributed by atoms with Crippen molar-refractivity contribution >= 4 is 17.1 Å². The number of aliphatic carboxylic acids is 1. The number of benzene rings is 1. The third-order valence-corrected chi connectivity index (χ3v) is 3.87. The fourth-order valence-corrected chi connectivity index (χ4v) is 2.97. The van der Waals surface area contributed by atoms with Crippen molar-refractivity contribution in [3.8, 4) is 11.5 Å². The Kier molecular flexibility index (Phi) is 5.02. The first-order valence-electron chi connectivity index (χ1n) is 8.02. The van der Waals surface area contributed by atoms with Gasteiger partial charge in [-0.1, -0.05) is 6.92 Å². The van der Waals surface area contributed by atoms with Gasteiger partial charge < -0.3 is 14.6 Å². The summed E-state index contributed by atoms with van der Waals surface area (Å²) in [6.45, 7) is 9.79. The van der Waals surface area contributed by atoms with Gasteiger partial charge in [-0.15, -0.1) is 0 Å². The van der Waals surface area contributed by atoms with E-state index in [2.05, 4.69) is 0 Å². The van der Waals surface area contributed by atoms with Gasteiger partial charge in [0.15, 0.2) is 0 Å². The standard InChI is InChI=1S/C19H23FO4/c1-6-12(17(20)18(21)22)14-8-13-11(3)10-19(4,5)24-16(13)9-15(14)23-7-2/h8-10H,6-7H2,1-5H3,(H,21,22)/b17-12+. The molecule has 1 aromatic rings. The molecule has 1 N–H and O–H groups in total. The number of carboxylic acid groups (broad SMARTS) is 1. The second-order valence-electron chi connectivity index (χ2n) is 6.26. The second kappa shape index (κ2) is 6.67. The maximum absolute atomic E-state index is 14.1. The van der Waals surface area contributed by atoms with Crippen LogP contribution >= 0.6 is 0 Å². The van der Waals surface area contributed by atoms with E-state index in [4.69, 9.17) is 14.6 Å². The lowest BCUT2D eigenvalue weighted by Gasteiger charge is -2.31. The Balaban J connectivity index is 2.71. The average Bonchev–Trinajstić information content (AvgIpc) is 2.47. The Morgan fingerprint density at radius 3 is 2.54 bits per heavy atom. The molecule has 1 aromatic carbocycles. The van der Waals surface area contributed by atoms with Gasteiger partial charge in [-0.05, 0) is 51.8 Å². The van der Waals surface area contributed by atoms with E-state index in [1.54, 1.807) is 19.1 Å². The summed E-state index contributed by atoms with van der Waals surface area (Å²) < 4.78 is 25.7. The van der Waals surface area contributed by atoms with Crippen LogP contribution < -0.4 is 9.47 Å². The number of ether oxygens (including phenoxy) is 2. The van der Waals surface area contributed by atoms with Crippen LogP contribution in [0, 0.1) is 0 Å². The van der Waals surface area contributed by atoms with E-state index in [0.717, 1.165) is 11.1 Å². The quantitative estimate of drug-likeness (QED) is 0.783. The second-order valence-corrected chi connectivity index (χ2v) is 6.26. The predicted octanol–water partition coefficient (Wildman–Crippen LogP) is 4.83. The van der Waals surface area contributed by atoms with Crippen LogP contribution in [0.4, 0.5) is 4.39 Å². The van der Waals surface area contributed by atoms with Crippen LogP contribution in [0.25, 0.3) is 11.1 Å². The highest BCUT2D eigenvalue weighted by Gasteiger charge is 2.28. The maximum atomic E-state index is 14.1. The molecule has 0 amide bonds. The molecule has 0 atom stereocenters. The fraction of sp³-hybridized carbons (Fsp3) is 0.421. The molecule has 2 rings (SSSR count). The van der Waals surface area contributed by atoms with Gasteiger partial charge in [-0.3, -0.25) is 0 Å². The third-order valence-electron chi connectivity index (χ3n) is 3.87. The minimum Gasteiger partial charge on any atom is -0.493 e. The van der Waals surface area contributed by atoms with Crippen molar-refractivity contribution in [1.82, 2.24) is 0 Å². The normalized spacial score (nSPS) is 16.5. The van der Waals surface area contributed by atoms with Gasteiger partial charge in [0.25, 0.3) is 0 Å². The van der Waals surface area contributed by atoms with E-state index < -0.39 is 17.4 Å². The molecular formula is C19H23FO4. The highest BCUT2D eigenvalue weighted by molar-refractivity contribution is 5.95. The number of fused-ring (bicyclic) bond motifs is 1. The molecular weight excluding hydrogens is 311 g/mol. The van der Waals surface area contributed by atoms with Crippen LogP contribution in [0.5, 0.6) is 11.5 Å². The molecule has 0 spiro atoms. The summed E-state index contributed by atoms with van der Waals surface area (Å²) in [6.07, 6.45) is 2.23. The predicted molar refractivity (Wildman–Crippen MR) is 91.9 cm³/mol. The van der Waals surface area contributed by atoms with Crippen LogP contribution in [0.15, 0.2) is 24.0 Å². The molecule has 1 aliphatic rings. The number of hydrogen-bond donors (Lipinski definition) is 1. The van der Waals surface area contributed by atoms with Crippen molar-refractivity contribution in [2.45, 2.75) is 46.6 Å². The molecule has 5 heteroatoms. The van der Waals surface area contributed by atoms with Crippen LogP contribution in [-0.4, -0.2) is 23.3 Å². The smallest absolute Gasteiger partial charge is 0.365 e. The zero-order chi connectivity index (χ0) is 18.1. The number of hydrogen-bond acceptors (Lipinski definition) is 3. The highest BCUT2D eigenvalue weighted by Crippen LogP contribution is 2.43. The van der Waals surface area contributed by atoms with Crippen molar-refractivity contribution in [1.29, 1.82) is 0 Å². The van der Waals surface area contributed by atoms with Crippen molar-refractivity contribution < 1.29 is 23.8 Å². The topological polar surface area (TPSA) is 55.8 Å². The molecule has 130 valence electrons. The van der Waals surface area contributed by atoms with Gasteiger partial charge in [0.1, 0.15) is 17.1 Å². The molecule has 0 bridgehead atoms. The number of carbonyl (C=O) groups is 1. The van der Waals surface area contributed by atoms with E-state index in [1.807, 2.05) is 33.8 Å². The molecule has 1 aliphatic heterocycles. The molecule has 0 radical (unpaired) electrons. The maximum Gasteiger partial charge on any atom is 0.365 e. The van der Waals surface area contributed by atoms with Gasteiger partial charge in [-0.2, -0.15) is 4.39 Å². The summed E-state index contributed by atoms with van der Waals surface area (Å²) in [6, 6.07) is 3.47. The minimum atomic E-state index is -1.57. The minimum absolute atomic E-state index is 0.117. The van der Waals surface area contributed by atoms with Gasteiger partial charge >= 0.3 is 5.97 Å². The van der Waals surface area contributed by atoms with Crippen LogP contribution in [0.3, 0.4) is 0 Å². The lowest BCUT2D eigenvalue weighted by Crippen LogP contribution is -2.28. The Morgan fingerprint density at radius 2 is 2.00 bits per heavy atom. The molecule has 0 aliphatic carbocycles. The first-order valence-corrected chi connectivity index (χ1v) is 8.02. The summed E-state index contributed by atoms with van der Waals surface area (Å²) in [5.74, 6) is -1.65. The number of carboxylic acids is 1. The van der Waals surface area contributed by atoms with Gasteiger partial charge in [0.05, 0.1) is 6.61 Å². The average molecular weight is 334 g/mol. The number of allylic oxidation sites excluding steroid dienone is 2. The first-order chi connectivity index (χ1) is 11.2. The van der Waals surface area contributed by atoms with Crippen molar-refractivity contribution in [3.63, 3.8) is 0 Å². The summed E-state index contributed by atoms with van der Waals surface area (Å²) in [4.78, 5) is 11.1. The van der Waals surface area contributed by atoms with E-state index in [1.165, 1.54) is 0 Å². The van der Waals surface area contributed by atoms with E-state index in [9.17, 15) is 9.18 Å². The van der Waals surface area contributed by atoms with E-state index in [0.29, 0.717) is 23.7 Å². The van der Waals surface area contributed by atoms with E-state index in [-0.39, 0.29) is 12.0 Å². The molecule has 1 heterocycles. The highest BCUT2D eigenvalue weighted by atomic mass is 19.1. The summed E-state index contributed by atoms with van der Waals surface area (Å²) in [5.41, 5.74) is 1.94. The molecule has 0 fully saturated rings. The monoisotopic (exact) mass is 334 g/mol. The van der Waals surface area contributed by atoms with Crippen LogP contribution in [-0.2, 0) is 4.79 Å². The molecule has 0 saturated carbocycles. The molecule has 0 saturated heterocycles. The number of rotatable bonds is 5. The molecule has 0 unspecified atom stereocenters. The van der Waals surface area contributed by atoms with E-state index >= 15 is 0 Å². The Hall–Kier alpha value is -2.30. The molecule has 0 aromatic heterocycles. The summed E-state index contributed by atoms with van der Waals surface area (Å²) in [5, 5.41) is 9.01. The fourth-order valence-electron chi connectivity index (χ4n) is 2.97. The van der Waals surface area contributed by atoms with Crippen LogP contribution in [0.1, 0.15) is 52.2 Å². The zero-order valence-electron chi connectivity index (χ0n) is 14.7. The Bertz CT molecular complexity index is 729. The van der Waals surface area contributed by atoms with Gasteiger partial charge in [0.2, 0.25) is 5.83 Å². The van der Waals surface area contributed by atoms with Crippen molar-refractivity contribution in [2.75, 3.05) is 6.61 Å². The summed E-state index contributed by atoms with van der Waals surface area (Å²) in [7, 11) is 0. The lowest BCUT2D eigenvalue weighted by atomic mass is 9.91. The van der Waals surface area contributed by atoms with Crippen molar-refractivity contribution in [3.05, 3.63) is 35.2 Å². The molecule has 24 heavy (non-hydrogen) atoms. The first kappa shape index (κ1) is 18.0. The van der Waals surface area contributed by atoms with Gasteiger partial charge in [-0.25, -0.2) is 4.79 Å². The van der Waals surface area contributed by atoms with Crippen molar-refractivity contribution in [2.24, 2.45) is 0 Å². The summed E-state index contributed by atoms with van der Waals surface area (Å²) >= 11 is 0. The number of halogens is 1. The molecule has 4 nitrogen and oxygen atoms in total. The zero-order valence-corrected chi connectivity index (χ0v) is 14.7. The Labute approximate surface area is 141 Å². The van der Waals surface area contributed by atoms with Gasteiger partial charge in [0, 0.05) is 22.8 Å². The Morgan fingerprint density at radius 1 is 1.33 bits per heavy atom. The largest absolute Gasteiger partial charge is 0.493 e. The van der Waals surface area contributed by atoms with Crippen LogP contribution in [0.2, 0.25) is 0 Å².